The van der Waals surface area contributed by atoms with Crippen LogP contribution in [0.4, 0.5) is 0 Å². The lowest BCUT2D eigenvalue weighted by Gasteiger charge is -2.57. The minimum Gasteiger partial charge on any atom is -0.497 e. The molecule has 2 fully saturated rings. The Kier molecular flexibility index (Phi) is 3.18. The van der Waals surface area contributed by atoms with Gasteiger partial charge >= 0.3 is 0 Å². The van der Waals surface area contributed by atoms with Crippen LogP contribution in [0, 0.1) is 11.8 Å². The molecule has 2 bridgehead atoms. The Balaban J connectivity index is 1.62. The monoisotopic (exact) mass is 323 g/mol. The highest BCUT2D eigenvalue weighted by atomic mass is 16.5. The molecule has 3 nitrogen and oxygen atoms in total. The summed E-state index contributed by atoms with van der Waals surface area (Å²) in [5, 5.41) is 0. The van der Waals surface area contributed by atoms with E-state index in [0.29, 0.717) is 18.4 Å². The quantitative estimate of drug-likeness (QED) is 0.856. The summed E-state index contributed by atoms with van der Waals surface area (Å²) in [4.78, 5) is 15.0. The Morgan fingerprint density at radius 3 is 3.00 bits per heavy atom. The molecule has 0 aromatic heterocycles. The van der Waals surface area contributed by atoms with Gasteiger partial charge in [0.25, 0.3) is 0 Å². The van der Waals surface area contributed by atoms with Crippen molar-refractivity contribution in [1.29, 1.82) is 0 Å². The molecule has 4 aliphatic rings. The van der Waals surface area contributed by atoms with Crippen LogP contribution in [0.5, 0.6) is 5.75 Å². The standard InChI is InChI=1S/C21H25NO2/c1-24-17-6-4-15-10-20-18-7-5-16(23)12-21(18,19(15)11-17)8-9-22(20)13-14-2-3-14/h4-7,11,14,18,20H,2-3,8-10,12-13H2,1H3. The van der Waals surface area contributed by atoms with Crippen LogP contribution in [0.25, 0.3) is 0 Å². The van der Waals surface area contributed by atoms with E-state index in [1.54, 1.807) is 7.11 Å². The summed E-state index contributed by atoms with van der Waals surface area (Å²) < 4.78 is 5.49. The van der Waals surface area contributed by atoms with Crippen LogP contribution in [0.2, 0.25) is 0 Å². The molecule has 1 saturated heterocycles. The van der Waals surface area contributed by atoms with Crippen molar-refractivity contribution in [1.82, 2.24) is 4.90 Å². The highest BCUT2D eigenvalue weighted by Crippen LogP contribution is 2.54. The number of carbonyl (C=O) groups excluding carboxylic acids is 1. The number of fused-ring (bicyclic) bond motifs is 1. The molecule has 126 valence electrons. The first-order chi connectivity index (χ1) is 11.7. The highest BCUT2D eigenvalue weighted by molar-refractivity contribution is 5.92. The van der Waals surface area contributed by atoms with Gasteiger partial charge in [0.2, 0.25) is 0 Å². The van der Waals surface area contributed by atoms with E-state index in [9.17, 15) is 4.79 Å². The number of ketones is 1. The zero-order valence-electron chi connectivity index (χ0n) is 14.3. The lowest BCUT2D eigenvalue weighted by molar-refractivity contribution is -0.118. The molecule has 0 amide bonds. The summed E-state index contributed by atoms with van der Waals surface area (Å²) in [7, 11) is 1.73. The maximum atomic E-state index is 12.3. The van der Waals surface area contributed by atoms with Gasteiger partial charge in [-0.15, -0.1) is 0 Å². The smallest absolute Gasteiger partial charge is 0.156 e. The van der Waals surface area contributed by atoms with Crippen molar-refractivity contribution in [2.24, 2.45) is 11.8 Å². The highest BCUT2D eigenvalue weighted by Gasteiger charge is 2.54. The molecule has 24 heavy (non-hydrogen) atoms. The van der Waals surface area contributed by atoms with Crippen LogP contribution in [0.15, 0.2) is 30.4 Å². The number of nitrogens with zero attached hydrogens (tertiary/aromatic N) is 1. The number of likely N-dealkylation sites (tertiary alicyclic amines) is 1. The summed E-state index contributed by atoms with van der Waals surface area (Å²) in [6, 6.07) is 7.09. The maximum absolute atomic E-state index is 12.3. The average Bonchev–Trinajstić information content (AvgIpc) is 3.41. The molecular formula is C21H25NO2. The Morgan fingerprint density at radius 2 is 2.21 bits per heavy atom. The summed E-state index contributed by atoms with van der Waals surface area (Å²) in [6.07, 6.45) is 9.76. The number of ether oxygens (including phenoxy) is 1. The second-order valence-electron chi connectivity index (χ2n) is 8.17. The van der Waals surface area contributed by atoms with Gasteiger partial charge in [0.05, 0.1) is 7.11 Å². The molecule has 0 N–H and O–H groups in total. The van der Waals surface area contributed by atoms with E-state index < -0.39 is 0 Å². The van der Waals surface area contributed by atoms with Gasteiger partial charge in [-0.1, -0.05) is 12.1 Å². The van der Waals surface area contributed by atoms with Crippen LogP contribution < -0.4 is 4.74 Å². The van der Waals surface area contributed by atoms with E-state index in [-0.39, 0.29) is 11.2 Å². The van der Waals surface area contributed by atoms with Gasteiger partial charge in [-0.25, -0.2) is 0 Å². The number of carbonyl (C=O) groups is 1. The second kappa shape index (κ2) is 5.19. The SMILES string of the molecule is COc1ccc2c(c1)C13CCN(CC4CC4)C(C2)C1C=CC(=O)C3. The lowest BCUT2D eigenvalue weighted by Crippen LogP contribution is -2.61. The largest absolute Gasteiger partial charge is 0.497 e. The van der Waals surface area contributed by atoms with Gasteiger partial charge in [-0.05, 0) is 67.5 Å². The van der Waals surface area contributed by atoms with Crippen LogP contribution >= 0.6 is 0 Å². The van der Waals surface area contributed by atoms with E-state index in [4.69, 9.17) is 4.74 Å². The number of hydrogen-bond acceptors (Lipinski definition) is 3. The topological polar surface area (TPSA) is 29.5 Å². The first-order valence-corrected chi connectivity index (χ1v) is 9.32. The molecule has 0 spiro atoms. The van der Waals surface area contributed by atoms with E-state index >= 15 is 0 Å². The van der Waals surface area contributed by atoms with Crippen molar-refractivity contribution in [3.8, 4) is 5.75 Å². The Morgan fingerprint density at radius 1 is 1.33 bits per heavy atom. The second-order valence-corrected chi connectivity index (χ2v) is 8.17. The van der Waals surface area contributed by atoms with Crippen LogP contribution in [0.3, 0.4) is 0 Å². The van der Waals surface area contributed by atoms with Crippen molar-refractivity contribution in [3.05, 3.63) is 41.5 Å². The lowest BCUT2D eigenvalue weighted by atomic mass is 9.54. The number of rotatable bonds is 3. The van der Waals surface area contributed by atoms with Gasteiger partial charge < -0.3 is 4.74 Å². The number of methoxy groups -OCH3 is 1. The third-order valence-corrected chi connectivity index (χ3v) is 6.82. The molecule has 5 rings (SSSR count). The minimum atomic E-state index is -0.00132. The number of benzene rings is 1. The molecule has 0 radical (unpaired) electrons. The van der Waals surface area contributed by atoms with Crippen molar-refractivity contribution >= 4 is 5.78 Å². The van der Waals surface area contributed by atoms with Crippen LogP contribution in [-0.2, 0) is 16.6 Å². The molecule has 3 atom stereocenters. The first kappa shape index (κ1) is 14.7. The molecule has 3 heteroatoms. The minimum absolute atomic E-state index is 0.00132. The van der Waals surface area contributed by atoms with Crippen molar-refractivity contribution in [2.75, 3.05) is 20.2 Å². The molecule has 1 aromatic rings. The molecule has 3 aliphatic carbocycles. The molecule has 1 aliphatic heterocycles. The van der Waals surface area contributed by atoms with Gasteiger partial charge in [0.15, 0.2) is 5.78 Å². The fraction of sp³-hybridized carbons (Fsp3) is 0.571. The van der Waals surface area contributed by atoms with E-state index in [1.165, 1.54) is 30.5 Å². The van der Waals surface area contributed by atoms with Gasteiger partial charge in [-0.2, -0.15) is 0 Å². The van der Waals surface area contributed by atoms with Crippen molar-refractivity contribution < 1.29 is 9.53 Å². The molecule has 3 unspecified atom stereocenters. The predicted octanol–water partition coefficient (Wildman–Crippen LogP) is 3.12. The molecule has 1 saturated carbocycles. The Labute approximate surface area is 143 Å². The zero-order valence-corrected chi connectivity index (χ0v) is 14.3. The fourth-order valence-electron chi connectivity index (χ4n) is 5.44. The van der Waals surface area contributed by atoms with Crippen LogP contribution in [-0.4, -0.2) is 36.9 Å². The van der Waals surface area contributed by atoms with E-state index in [2.05, 4.69) is 29.2 Å². The normalized spacial score (nSPS) is 34.6. The number of hydrogen-bond donors (Lipinski definition) is 0. The first-order valence-electron chi connectivity index (χ1n) is 9.32. The van der Waals surface area contributed by atoms with E-state index in [0.717, 1.165) is 31.1 Å². The summed E-state index contributed by atoms with van der Waals surface area (Å²) in [5.74, 6) is 2.60. The predicted molar refractivity (Wildman–Crippen MR) is 93.3 cm³/mol. The molecule has 1 heterocycles. The number of allylic oxidation sites excluding steroid dienone is 1. The summed E-state index contributed by atoms with van der Waals surface area (Å²) in [5.41, 5.74) is 2.81. The number of piperidine rings is 1. The summed E-state index contributed by atoms with van der Waals surface area (Å²) in [6.45, 7) is 2.39. The molecular weight excluding hydrogens is 298 g/mol. The van der Waals surface area contributed by atoms with Gasteiger partial charge in [0.1, 0.15) is 5.75 Å². The average molecular weight is 323 g/mol. The van der Waals surface area contributed by atoms with Gasteiger partial charge in [0, 0.05) is 30.3 Å². The Bertz CT molecular complexity index is 721. The van der Waals surface area contributed by atoms with Crippen molar-refractivity contribution in [3.63, 3.8) is 0 Å². The van der Waals surface area contributed by atoms with Gasteiger partial charge in [-0.3, -0.25) is 9.69 Å². The van der Waals surface area contributed by atoms with E-state index in [1.807, 2.05) is 6.08 Å². The third kappa shape index (κ3) is 2.10. The maximum Gasteiger partial charge on any atom is 0.156 e. The summed E-state index contributed by atoms with van der Waals surface area (Å²) >= 11 is 0. The molecule has 1 aromatic carbocycles. The zero-order chi connectivity index (χ0) is 16.3. The van der Waals surface area contributed by atoms with Crippen molar-refractivity contribution in [2.45, 2.75) is 43.6 Å². The third-order valence-electron chi connectivity index (χ3n) is 6.82. The Hall–Kier alpha value is -1.61. The fourth-order valence-corrected chi connectivity index (χ4v) is 5.44. The van der Waals surface area contributed by atoms with Crippen LogP contribution in [0.1, 0.15) is 36.8 Å².